The van der Waals surface area contributed by atoms with Crippen LogP contribution in [0.1, 0.15) is 5.56 Å². The molecule has 0 spiro atoms. The molecule has 0 saturated heterocycles. The summed E-state index contributed by atoms with van der Waals surface area (Å²) in [5, 5.41) is 10.6. The lowest BCUT2D eigenvalue weighted by atomic mass is 10.1. The van der Waals surface area contributed by atoms with Crippen molar-refractivity contribution >= 4 is 32.8 Å². The van der Waals surface area contributed by atoms with Gasteiger partial charge in [0, 0.05) is 16.3 Å². The quantitative estimate of drug-likeness (QED) is 0.518. The van der Waals surface area contributed by atoms with Crippen LogP contribution in [0.15, 0.2) is 41.2 Å². The summed E-state index contributed by atoms with van der Waals surface area (Å²) in [6, 6.07) is 11.2. The highest BCUT2D eigenvalue weighted by molar-refractivity contribution is 6.09. The summed E-state index contributed by atoms with van der Waals surface area (Å²) in [6.07, 6.45) is 0. The van der Waals surface area contributed by atoms with Crippen LogP contribution in [0, 0.1) is 17.1 Å². The van der Waals surface area contributed by atoms with Crippen LogP contribution in [0.4, 0.5) is 4.39 Å². The van der Waals surface area contributed by atoms with E-state index in [0.29, 0.717) is 33.0 Å². The van der Waals surface area contributed by atoms with Crippen LogP contribution in [0.25, 0.3) is 32.8 Å². The first kappa shape index (κ1) is 11.7. The number of nitriles is 1. The van der Waals surface area contributed by atoms with Gasteiger partial charge in [-0.1, -0.05) is 6.07 Å². The summed E-state index contributed by atoms with van der Waals surface area (Å²) < 4.78 is 13.3. The molecule has 0 amide bonds. The van der Waals surface area contributed by atoms with E-state index in [0.717, 1.165) is 5.39 Å². The van der Waals surface area contributed by atoms with Gasteiger partial charge in [0.05, 0.1) is 22.5 Å². The van der Waals surface area contributed by atoms with Gasteiger partial charge in [0.2, 0.25) is 0 Å². The lowest BCUT2D eigenvalue weighted by Crippen LogP contribution is -2.03. The molecule has 100 valence electrons. The second-order valence-electron chi connectivity index (χ2n) is 4.89. The predicted molar refractivity (Wildman–Crippen MR) is 78.6 cm³/mol. The van der Waals surface area contributed by atoms with Crippen molar-refractivity contribution in [2.75, 3.05) is 0 Å². The van der Waals surface area contributed by atoms with Crippen molar-refractivity contribution in [1.29, 1.82) is 5.26 Å². The molecule has 0 aliphatic heterocycles. The fourth-order valence-corrected chi connectivity index (χ4v) is 2.68. The molecule has 2 N–H and O–H groups in total. The number of pyridine rings is 1. The van der Waals surface area contributed by atoms with Gasteiger partial charge in [0.1, 0.15) is 11.5 Å². The van der Waals surface area contributed by atoms with E-state index in [1.807, 2.05) is 0 Å². The van der Waals surface area contributed by atoms with Gasteiger partial charge in [0.25, 0.3) is 0 Å². The fourth-order valence-electron chi connectivity index (χ4n) is 2.68. The van der Waals surface area contributed by atoms with Gasteiger partial charge < -0.3 is 9.97 Å². The topological polar surface area (TPSA) is 72.4 Å². The summed E-state index contributed by atoms with van der Waals surface area (Å²) in [5.74, 6) is -0.402. The third kappa shape index (κ3) is 1.56. The van der Waals surface area contributed by atoms with Crippen molar-refractivity contribution in [3.05, 3.63) is 58.0 Å². The van der Waals surface area contributed by atoms with Gasteiger partial charge in [-0.3, -0.25) is 4.79 Å². The molecule has 2 heterocycles. The highest BCUT2D eigenvalue weighted by Crippen LogP contribution is 2.24. The number of rotatable bonds is 0. The van der Waals surface area contributed by atoms with Gasteiger partial charge in [-0.2, -0.15) is 5.26 Å². The van der Waals surface area contributed by atoms with Crippen LogP contribution in [0.3, 0.4) is 0 Å². The summed E-state index contributed by atoms with van der Waals surface area (Å²) in [6.45, 7) is 0. The van der Waals surface area contributed by atoms with Crippen LogP contribution in [-0.2, 0) is 0 Å². The number of benzene rings is 2. The number of nitrogens with zero attached hydrogens (tertiary/aromatic N) is 1. The molecule has 0 radical (unpaired) electrons. The zero-order valence-corrected chi connectivity index (χ0v) is 10.7. The van der Waals surface area contributed by atoms with Gasteiger partial charge >= 0.3 is 0 Å². The molecule has 4 nitrogen and oxygen atoms in total. The Morgan fingerprint density at radius 1 is 1.00 bits per heavy atom. The van der Waals surface area contributed by atoms with Crippen LogP contribution >= 0.6 is 0 Å². The molecule has 4 aromatic rings. The largest absolute Gasteiger partial charge is 0.341 e. The molecule has 0 unspecified atom stereocenters. The van der Waals surface area contributed by atoms with Crippen molar-refractivity contribution in [2.24, 2.45) is 0 Å². The van der Waals surface area contributed by atoms with E-state index >= 15 is 0 Å². The lowest BCUT2D eigenvalue weighted by Gasteiger charge is -1.99. The van der Waals surface area contributed by atoms with E-state index in [2.05, 4.69) is 16.0 Å². The lowest BCUT2D eigenvalue weighted by molar-refractivity contribution is 0.629. The maximum absolute atomic E-state index is 13.3. The SMILES string of the molecule is N#Cc1ccc2c(c1)[nH]c1[nH]c3cc(F)ccc3c(=O)c12. The van der Waals surface area contributed by atoms with Crippen LogP contribution in [0.2, 0.25) is 0 Å². The molecule has 4 rings (SSSR count). The average molecular weight is 277 g/mol. The van der Waals surface area contributed by atoms with E-state index < -0.39 is 5.82 Å². The molecular weight excluding hydrogens is 269 g/mol. The first-order valence-electron chi connectivity index (χ1n) is 6.34. The Bertz CT molecular complexity index is 1130. The van der Waals surface area contributed by atoms with Crippen LogP contribution in [0.5, 0.6) is 0 Å². The number of hydrogen-bond acceptors (Lipinski definition) is 2. The Morgan fingerprint density at radius 2 is 1.71 bits per heavy atom. The first-order chi connectivity index (χ1) is 10.2. The second kappa shape index (κ2) is 3.93. The number of nitrogens with one attached hydrogen (secondary N) is 2. The maximum Gasteiger partial charge on any atom is 0.199 e. The number of fused-ring (bicyclic) bond motifs is 4. The van der Waals surface area contributed by atoms with Crippen LogP contribution < -0.4 is 5.43 Å². The van der Waals surface area contributed by atoms with Gasteiger partial charge in [0.15, 0.2) is 5.43 Å². The Labute approximate surface area is 117 Å². The molecule has 0 aliphatic carbocycles. The van der Waals surface area contributed by atoms with Crippen molar-refractivity contribution in [3.63, 3.8) is 0 Å². The normalized spacial score (nSPS) is 11.2. The van der Waals surface area contributed by atoms with E-state index in [9.17, 15) is 9.18 Å². The Morgan fingerprint density at radius 3 is 2.48 bits per heavy atom. The van der Waals surface area contributed by atoms with Crippen molar-refractivity contribution < 1.29 is 4.39 Å². The molecular formula is C16H8FN3O. The summed E-state index contributed by atoms with van der Waals surface area (Å²) in [4.78, 5) is 18.7. The highest BCUT2D eigenvalue weighted by Gasteiger charge is 2.12. The van der Waals surface area contributed by atoms with E-state index in [4.69, 9.17) is 5.26 Å². The number of halogens is 1. The molecule has 0 aliphatic rings. The average Bonchev–Trinajstić information content (AvgIpc) is 2.84. The van der Waals surface area contributed by atoms with Crippen molar-refractivity contribution in [3.8, 4) is 6.07 Å². The Kier molecular flexibility index (Phi) is 2.19. The van der Waals surface area contributed by atoms with E-state index in [-0.39, 0.29) is 5.43 Å². The van der Waals surface area contributed by atoms with E-state index in [1.54, 1.807) is 18.2 Å². The molecule has 2 aromatic heterocycles. The minimum absolute atomic E-state index is 0.158. The Hall–Kier alpha value is -3.13. The number of H-pyrrole nitrogens is 2. The zero-order valence-electron chi connectivity index (χ0n) is 10.7. The van der Waals surface area contributed by atoms with Gasteiger partial charge in [-0.25, -0.2) is 4.39 Å². The third-order valence-electron chi connectivity index (χ3n) is 3.64. The van der Waals surface area contributed by atoms with Crippen molar-refractivity contribution in [1.82, 2.24) is 9.97 Å². The molecule has 0 atom stereocenters. The van der Waals surface area contributed by atoms with Crippen LogP contribution in [-0.4, -0.2) is 9.97 Å². The monoisotopic (exact) mass is 277 g/mol. The van der Waals surface area contributed by atoms with Gasteiger partial charge in [-0.05, 0) is 30.3 Å². The molecule has 0 bridgehead atoms. The first-order valence-corrected chi connectivity index (χ1v) is 6.34. The standard InChI is InChI=1S/C16H8FN3O/c17-9-2-4-11-13(6-9)20-16-14(15(11)21)10-3-1-8(7-18)5-12(10)19-16/h1-6H,(H2,19,20,21). The number of aromatic amines is 2. The molecule has 0 saturated carbocycles. The number of aromatic nitrogens is 2. The third-order valence-corrected chi connectivity index (χ3v) is 3.64. The molecule has 21 heavy (non-hydrogen) atoms. The predicted octanol–water partition coefficient (Wildman–Crippen LogP) is 3.17. The fraction of sp³-hybridized carbons (Fsp3) is 0. The minimum atomic E-state index is -0.402. The number of hydrogen-bond donors (Lipinski definition) is 2. The summed E-state index contributed by atoms with van der Waals surface area (Å²) >= 11 is 0. The summed E-state index contributed by atoms with van der Waals surface area (Å²) in [5.41, 5.74) is 2.03. The Balaban J connectivity index is 2.25. The van der Waals surface area contributed by atoms with E-state index in [1.165, 1.54) is 18.2 Å². The highest BCUT2D eigenvalue weighted by atomic mass is 19.1. The van der Waals surface area contributed by atoms with Gasteiger partial charge in [-0.15, -0.1) is 0 Å². The smallest absolute Gasteiger partial charge is 0.199 e. The second-order valence-corrected chi connectivity index (χ2v) is 4.89. The summed E-state index contributed by atoms with van der Waals surface area (Å²) in [7, 11) is 0. The zero-order chi connectivity index (χ0) is 14.6. The molecule has 0 fully saturated rings. The van der Waals surface area contributed by atoms with Crippen molar-refractivity contribution in [2.45, 2.75) is 0 Å². The molecule has 2 aromatic carbocycles. The minimum Gasteiger partial charge on any atom is -0.341 e. The molecule has 5 heteroatoms. The maximum atomic E-state index is 13.3.